The molecule has 1 aliphatic heterocycles. The number of hydrogen-bond donors (Lipinski definition) is 1. The zero-order valence-corrected chi connectivity index (χ0v) is 14.9. The minimum absolute atomic E-state index is 0.0373. The van der Waals surface area contributed by atoms with Crippen molar-refractivity contribution < 1.29 is 9.90 Å². The first-order valence-corrected chi connectivity index (χ1v) is 8.88. The topological polar surface area (TPSA) is 58.4 Å². The Bertz CT molecular complexity index is 751. The average Bonchev–Trinajstić information content (AvgIpc) is 2.85. The highest BCUT2D eigenvalue weighted by Crippen LogP contribution is 2.23. The molecular weight excluding hydrogens is 302 g/mol. The largest absolute Gasteiger partial charge is 0.396 e. The van der Waals surface area contributed by atoms with Crippen molar-refractivity contribution in [1.82, 2.24) is 14.5 Å². The van der Waals surface area contributed by atoms with E-state index in [2.05, 4.69) is 37.9 Å². The maximum absolute atomic E-state index is 12.8. The van der Waals surface area contributed by atoms with Gasteiger partial charge in [0, 0.05) is 19.0 Å². The van der Waals surface area contributed by atoms with Gasteiger partial charge in [-0.1, -0.05) is 0 Å². The van der Waals surface area contributed by atoms with Crippen LogP contribution in [0, 0.1) is 13.8 Å². The van der Waals surface area contributed by atoms with E-state index >= 15 is 0 Å². The summed E-state index contributed by atoms with van der Waals surface area (Å²) < 4.78 is 1.99. The zero-order chi connectivity index (χ0) is 17.3. The Kier molecular flexibility index (Phi) is 4.90. The highest BCUT2D eigenvalue weighted by atomic mass is 16.3. The van der Waals surface area contributed by atoms with Crippen molar-refractivity contribution in [2.45, 2.75) is 59.0 Å². The number of carbonyl (C=O) groups is 1. The number of aryl methyl sites for hydroxylation is 2. The summed E-state index contributed by atoms with van der Waals surface area (Å²) in [5.41, 5.74) is 4.28. The van der Waals surface area contributed by atoms with Crippen LogP contribution in [0.4, 0.5) is 0 Å². The minimum Gasteiger partial charge on any atom is -0.396 e. The SMILES string of the molecule is Cc1cc2nc(CCO)n(CC(=O)N3CCCCC3C)c2cc1C. The second kappa shape index (κ2) is 6.93. The summed E-state index contributed by atoms with van der Waals surface area (Å²) in [5.74, 6) is 0.939. The van der Waals surface area contributed by atoms with Gasteiger partial charge in [-0.3, -0.25) is 4.79 Å². The first-order valence-electron chi connectivity index (χ1n) is 8.88. The molecule has 5 nitrogen and oxygen atoms in total. The van der Waals surface area contributed by atoms with Crippen LogP contribution in [-0.4, -0.2) is 44.7 Å². The summed E-state index contributed by atoms with van der Waals surface area (Å²) in [7, 11) is 0. The van der Waals surface area contributed by atoms with Gasteiger partial charge in [0.15, 0.2) is 0 Å². The molecule has 1 aromatic carbocycles. The van der Waals surface area contributed by atoms with E-state index in [1.54, 1.807) is 0 Å². The highest BCUT2D eigenvalue weighted by molar-refractivity contribution is 5.82. The molecule has 1 saturated heterocycles. The molecular formula is C19H27N3O2. The third-order valence-electron chi connectivity index (χ3n) is 5.19. The molecule has 24 heavy (non-hydrogen) atoms. The average molecular weight is 329 g/mol. The van der Waals surface area contributed by atoms with Gasteiger partial charge >= 0.3 is 0 Å². The molecule has 130 valence electrons. The molecule has 1 fully saturated rings. The number of imidazole rings is 1. The summed E-state index contributed by atoms with van der Waals surface area (Å²) in [6.45, 7) is 7.46. The number of nitrogens with zero attached hydrogens (tertiary/aromatic N) is 3. The third-order valence-corrected chi connectivity index (χ3v) is 5.19. The maximum Gasteiger partial charge on any atom is 0.242 e. The van der Waals surface area contributed by atoms with Crippen molar-refractivity contribution in [3.05, 3.63) is 29.1 Å². The van der Waals surface area contributed by atoms with E-state index in [1.165, 1.54) is 17.5 Å². The first kappa shape index (κ1) is 17.0. The summed E-state index contributed by atoms with van der Waals surface area (Å²) in [5, 5.41) is 9.35. The van der Waals surface area contributed by atoms with Crippen molar-refractivity contribution >= 4 is 16.9 Å². The van der Waals surface area contributed by atoms with Crippen molar-refractivity contribution in [1.29, 1.82) is 0 Å². The van der Waals surface area contributed by atoms with Gasteiger partial charge in [0.1, 0.15) is 12.4 Å². The van der Waals surface area contributed by atoms with Gasteiger partial charge in [0.05, 0.1) is 17.6 Å². The second-order valence-electron chi connectivity index (χ2n) is 6.94. The van der Waals surface area contributed by atoms with E-state index in [0.717, 1.165) is 36.2 Å². The van der Waals surface area contributed by atoms with Crippen LogP contribution >= 0.6 is 0 Å². The number of aromatic nitrogens is 2. The third kappa shape index (κ3) is 3.18. The fraction of sp³-hybridized carbons (Fsp3) is 0.579. The van der Waals surface area contributed by atoms with E-state index in [0.29, 0.717) is 19.0 Å². The number of aliphatic hydroxyl groups excluding tert-OH is 1. The predicted octanol–water partition coefficient (Wildman–Crippen LogP) is 2.59. The molecule has 1 aliphatic rings. The van der Waals surface area contributed by atoms with Crippen LogP contribution in [0.3, 0.4) is 0 Å². The smallest absolute Gasteiger partial charge is 0.242 e. The van der Waals surface area contributed by atoms with Crippen molar-refractivity contribution in [2.24, 2.45) is 0 Å². The predicted molar refractivity (Wildman–Crippen MR) is 95.0 cm³/mol. The summed E-state index contributed by atoms with van der Waals surface area (Å²) in [6, 6.07) is 4.48. The molecule has 1 N–H and O–H groups in total. The molecule has 0 radical (unpaired) electrons. The molecule has 1 atom stereocenters. The van der Waals surface area contributed by atoms with Crippen LogP contribution < -0.4 is 0 Å². The van der Waals surface area contributed by atoms with Crippen LogP contribution in [0.1, 0.15) is 43.1 Å². The number of benzene rings is 1. The summed E-state index contributed by atoms with van der Waals surface area (Å²) >= 11 is 0. The number of carbonyl (C=O) groups excluding carboxylic acids is 1. The lowest BCUT2D eigenvalue weighted by Gasteiger charge is -2.33. The number of likely N-dealkylation sites (tertiary alicyclic amines) is 1. The van der Waals surface area contributed by atoms with Crippen LogP contribution in [-0.2, 0) is 17.8 Å². The molecule has 1 aromatic heterocycles. The molecule has 1 amide bonds. The molecule has 3 rings (SSSR count). The lowest BCUT2D eigenvalue weighted by atomic mass is 10.0. The Labute approximate surface area is 143 Å². The van der Waals surface area contributed by atoms with E-state index in [4.69, 9.17) is 0 Å². The molecule has 2 heterocycles. The van der Waals surface area contributed by atoms with Crippen molar-refractivity contribution in [3.8, 4) is 0 Å². The molecule has 1 unspecified atom stereocenters. The fourth-order valence-corrected chi connectivity index (χ4v) is 3.59. The number of rotatable bonds is 4. The van der Waals surface area contributed by atoms with Crippen LogP contribution in [0.15, 0.2) is 12.1 Å². The fourth-order valence-electron chi connectivity index (χ4n) is 3.59. The number of hydrogen-bond acceptors (Lipinski definition) is 3. The van der Waals surface area contributed by atoms with Gasteiger partial charge in [-0.2, -0.15) is 0 Å². The number of fused-ring (bicyclic) bond motifs is 1. The quantitative estimate of drug-likeness (QED) is 0.938. The van der Waals surface area contributed by atoms with E-state index in [9.17, 15) is 9.90 Å². The molecule has 5 heteroatoms. The Morgan fingerprint density at radius 2 is 2.04 bits per heavy atom. The van der Waals surface area contributed by atoms with Gasteiger partial charge in [0.2, 0.25) is 5.91 Å². The summed E-state index contributed by atoms with van der Waals surface area (Å²) in [4.78, 5) is 19.5. The maximum atomic E-state index is 12.8. The van der Waals surface area contributed by atoms with Gasteiger partial charge in [0.25, 0.3) is 0 Å². The first-order chi connectivity index (χ1) is 11.5. The number of piperidine rings is 1. The molecule has 2 aromatic rings. The molecule has 0 aliphatic carbocycles. The molecule has 0 saturated carbocycles. The second-order valence-corrected chi connectivity index (χ2v) is 6.94. The van der Waals surface area contributed by atoms with Crippen LogP contribution in [0.25, 0.3) is 11.0 Å². The minimum atomic E-state index is 0.0373. The standard InChI is InChI=1S/C19H27N3O2/c1-13-10-16-17(11-14(13)2)22(18(20-16)7-9-23)12-19(24)21-8-5-4-6-15(21)3/h10-11,15,23H,4-9,12H2,1-3H3. The number of aliphatic hydroxyl groups is 1. The Balaban J connectivity index is 1.95. The van der Waals surface area contributed by atoms with Gasteiger partial charge in [-0.15, -0.1) is 0 Å². The van der Waals surface area contributed by atoms with Crippen LogP contribution in [0.5, 0.6) is 0 Å². The van der Waals surface area contributed by atoms with Crippen molar-refractivity contribution in [2.75, 3.05) is 13.2 Å². The number of amides is 1. The zero-order valence-electron chi connectivity index (χ0n) is 14.9. The Morgan fingerprint density at radius 3 is 2.75 bits per heavy atom. The van der Waals surface area contributed by atoms with Gasteiger partial charge in [-0.25, -0.2) is 4.98 Å². The summed E-state index contributed by atoms with van der Waals surface area (Å²) in [6.07, 6.45) is 3.84. The normalized spacial score (nSPS) is 18.3. The lowest BCUT2D eigenvalue weighted by molar-refractivity contribution is -0.135. The van der Waals surface area contributed by atoms with E-state index in [1.807, 2.05) is 9.47 Å². The Morgan fingerprint density at radius 1 is 1.29 bits per heavy atom. The van der Waals surface area contributed by atoms with Crippen LogP contribution in [0.2, 0.25) is 0 Å². The molecule has 0 spiro atoms. The Hall–Kier alpha value is -1.88. The van der Waals surface area contributed by atoms with Crippen molar-refractivity contribution in [3.63, 3.8) is 0 Å². The highest BCUT2D eigenvalue weighted by Gasteiger charge is 2.24. The van der Waals surface area contributed by atoms with Gasteiger partial charge < -0.3 is 14.6 Å². The van der Waals surface area contributed by atoms with E-state index in [-0.39, 0.29) is 12.5 Å². The van der Waals surface area contributed by atoms with Gasteiger partial charge in [-0.05, 0) is 63.3 Å². The lowest BCUT2D eigenvalue weighted by Crippen LogP contribution is -2.43. The monoisotopic (exact) mass is 329 g/mol. The molecule has 0 bridgehead atoms. The van der Waals surface area contributed by atoms with E-state index < -0.39 is 0 Å².